The average Bonchev–Trinajstić information content (AvgIpc) is 2.26. The summed E-state index contributed by atoms with van der Waals surface area (Å²) in [4.78, 5) is 2.48. The van der Waals surface area contributed by atoms with E-state index in [1.165, 1.54) is 30.8 Å². The summed E-state index contributed by atoms with van der Waals surface area (Å²) < 4.78 is 0. The molecular formula is C14H22N2. The Morgan fingerprint density at radius 3 is 2.62 bits per heavy atom. The van der Waals surface area contributed by atoms with Crippen LogP contribution in [-0.4, -0.2) is 13.1 Å². The number of piperidine rings is 1. The van der Waals surface area contributed by atoms with Crippen molar-refractivity contribution < 1.29 is 0 Å². The topological polar surface area (TPSA) is 29.3 Å². The predicted octanol–water partition coefficient (Wildman–Crippen LogP) is 3.06. The average molecular weight is 218 g/mol. The molecule has 1 aromatic carbocycles. The second-order valence-corrected chi connectivity index (χ2v) is 5.23. The van der Waals surface area contributed by atoms with Crippen molar-refractivity contribution in [2.45, 2.75) is 27.2 Å². The summed E-state index contributed by atoms with van der Waals surface area (Å²) in [6.07, 6.45) is 1.30. The standard InChI is InChI=1S/C14H22N2/c1-10-6-7-16(9-12(10)3)13-4-5-14(15)11(2)8-13/h4-5,8,10,12H,6-7,9,15H2,1-3H3. The Morgan fingerprint density at radius 1 is 1.25 bits per heavy atom. The van der Waals surface area contributed by atoms with Crippen molar-refractivity contribution in [3.05, 3.63) is 23.8 Å². The van der Waals surface area contributed by atoms with Crippen molar-refractivity contribution in [1.82, 2.24) is 0 Å². The van der Waals surface area contributed by atoms with Gasteiger partial charge in [-0.05, 0) is 48.9 Å². The van der Waals surface area contributed by atoms with Crippen LogP contribution in [0.25, 0.3) is 0 Å². The Kier molecular flexibility index (Phi) is 3.08. The second kappa shape index (κ2) is 4.36. The highest BCUT2D eigenvalue weighted by molar-refractivity contribution is 5.58. The summed E-state index contributed by atoms with van der Waals surface area (Å²) in [5.41, 5.74) is 9.25. The van der Waals surface area contributed by atoms with Gasteiger partial charge in [0, 0.05) is 24.5 Å². The molecule has 2 heteroatoms. The minimum absolute atomic E-state index is 0.784. The zero-order chi connectivity index (χ0) is 11.7. The Hall–Kier alpha value is -1.18. The quantitative estimate of drug-likeness (QED) is 0.734. The van der Waals surface area contributed by atoms with E-state index in [-0.39, 0.29) is 0 Å². The molecule has 1 heterocycles. The van der Waals surface area contributed by atoms with Gasteiger partial charge in [-0.3, -0.25) is 0 Å². The molecule has 1 aromatic rings. The van der Waals surface area contributed by atoms with Crippen LogP contribution in [0.15, 0.2) is 18.2 Å². The highest BCUT2D eigenvalue weighted by Crippen LogP contribution is 2.28. The highest BCUT2D eigenvalue weighted by Gasteiger charge is 2.22. The van der Waals surface area contributed by atoms with E-state index in [0.717, 1.165) is 17.5 Å². The van der Waals surface area contributed by atoms with Crippen LogP contribution in [0.3, 0.4) is 0 Å². The number of hydrogen-bond donors (Lipinski definition) is 1. The maximum Gasteiger partial charge on any atom is 0.0370 e. The number of nitrogen functional groups attached to an aromatic ring is 1. The Bertz CT molecular complexity index is 373. The van der Waals surface area contributed by atoms with Crippen molar-refractivity contribution in [2.75, 3.05) is 23.7 Å². The molecule has 0 radical (unpaired) electrons. The van der Waals surface area contributed by atoms with Crippen molar-refractivity contribution >= 4 is 11.4 Å². The molecule has 1 saturated heterocycles. The number of nitrogens with zero attached hydrogens (tertiary/aromatic N) is 1. The fourth-order valence-electron chi connectivity index (χ4n) is 2.35. The first kappa shape index (κ1) is 11.3. The molecule has 0 spiro atoms. The van der Waals surface area contributed by atoms with Crippen molar-refractivity contribution in [2.24, 2.45) is 11.8 Å². The lowest BCUT2D eigenvalue weighted by atomic mass is 9.88. The summed E-state index contributed by atoms with van der Waals surface area (Å²) in [5.74, 6) is 1.64. The first-order chi connectivity index (χ1) is 7.58. The minimum Gasteiger partial charge on any atom is -0.399 e. The van der Waals surface area contributed by atoms with E-state index < -0.39 is 0 Å². The zero-order valence-electron chi connectivity index (χ0n) is 10.5. The van der Waals surface area contributed by atoms with Crippen LogP contribution in [0, 0.1) is 18.8 Å². The van der Waals surface area contributed by atoms with Crippen molar-refractivity contribution in [1.29, 1.82) is 0 Å². The maximum absolute atomic E-state index is 5.85. The summed E-state index contributed by atoms with van der Waals surface area (Å²) in [6, 6.07) is 6.37. The van der Waals surface area contributed by atoms with Gasteiger partial charge in [0.05, 0.1) is 0 Å². The number of rotatable bonds is 1. The molecule has 0 saturated carbocycles. The summed E-state index contributed by atoms with van der Waals surface area (Å²) in [5, 5.41) is 0. The number of benzene rings is 1. The van der Waals surface area contributed by atoms with E-state index in [2.05, 4.69) is 37.8 Å². The molecule has 0 bridgehead atoms. The Morgan fingerprint density at radius 2 is 2.00 bits per heavy atom. The van der Waals surface area contributed by atoms with Crippen molar-refractivity contribution in [3.63, 3.8) is 0 Å². The lowest BCUT2D eigenvalue weighted by Gasteiger charge is -2.37. The van der Waals surface area contributed by atoms with Gasteiger partial charge in [0.1, 0.15) is 0 Å². The van der Waals surface area contributed by atoms with E-state index in [9.17, 15) is 0 Å². The molecular weight excluding hydrogens is 196 g/mol. The molecule has 2 unspecified atom stereocenters. The van der Waals surface area contributed by atoms with E-state index in [1.807, 2.05) is 6.07 Å². The van der Waals surface area contributed by atoms with Crippen LogP contribution in [0.4, 0.5) is 11.4 Å². The van der Waals surface area contributed by atoms with Gasteiger partial charge in [-0.1, -0.05) is 13.8 Å². The number of anilines is 2. The van der Waals surface area contributed by atoms with Crippen LogP contribution in [-0.2, 0) is 0 Å². The minimum atomic E-state index is 0.784. The molecule has 2 atom stereocenters. The molecule has 1 aliphatic rings. The molecule has 2 rings (SSSR count). The van der Waals surface area contributed by atoms with Gasteiger partial charge >= 0.3 is 0 Å². The van der Waals surface area contributed by atoms with Gasteiger partial charge in [-0.15, -0.1) is 0 Å². The second-order valence-electron chi connectivity index (χ2n) is 5.23. The molecule has 0 amide bonds. The maximum atomic E-state index is 5.85. The van der Waals surface area contributed by atoms with Crippen LogP contribution >= 0.6 is 0 Å². The molecule has 88 valence electrons. The molecule has 1 fully saturated rings. The largest absolute Gasteiger partial charge is 0.399 e. The van der Waals surface area contributed by atoms with E-state index >= 15 is 0 Å². The van der Waals surface area contributed by atoms with E-state index in [1.54, 1.807) is 0 Å². The molecule has 0 aliphatic carbocycles. The first-order valence-electron chi connectivity index (χ1n) is 6.19. The van der Waals surface area contributed by atoms with Gasteiger partial charge < -0.3 is 10.6 Å². The molecule has 0 aromatic heterocycles. The number of aryl methyl sites for hydroxylation is 1. The fourth-order valence-corrected chi connectivity index (χ4v) is 2.35. The molecule has 16 heavy (non-hydrogen) atoms. The highest BCUT2D eigenvalue weighted by atomic mass is 15.1. The summed E-state index contributed by atoms with van der Waals surface area (Å²) >= 11 is 0. The van der Waals surface area contributed by atoms with Gasteiger partial charge in [0.2, 0.25) is 0 Å². The van der Waals surface area contributed by atoms with E-state index in [0.29, 0.717) is 0 Å². The van der Waals surface area contributed by atoms with Gasteiger partial charge in [-0.25, -0.2) is 0 Å². The first-order valence-corrected chi connectivity index (χ1v) is 6.19. The van der Waals surface area contributed by atoms with Crippen LogP contribution in [0.5, 0.6) is 0 Å². The van der Waals surface area contributed by atoms with E-state index in [4.69, 9.17) is 5.73 Å². The molecule has 1 aliphatic heterocycles. The Balaban J connectivity index is 2.15. The fraction of sp³-hybridized carbons (Fsp3) is 0.571. The summed E-state index contributed by atoms with van der Waals surface area (Å²) in [7, 11) is 0. The summed E-state index contributed by atoms with van der Waals surface area (Å²) in [6.45, 7) is 9.13. The molecule has 2 nitrogen and oxygen atoms in total. The monoisotopic (exact) mass is 218 g/mol. The van der Waals surface area contributed by atoms with Gasteiger partial charge in [-0.2, -0.15) is 0 Å². The van der Waals surface area contributed by atoms with Gasteiger partial charge in [0.15, 0.2) is 0 Å². The third kappa shape index (κ3) is 2.16. The van der Waals surface area contributed by atoms with Crippen LogP contribution < -0.4 is 10.6 Å². The van der Waals surface area contributed by atoms with Gasteiger partial charge in [0.25, 0.3) is 0 Å². The third-order valence-corrected chi connectivity index (χ3v) is 3.95. The van der Waals surface area contributed by atoms with Crippen LogP contribution in [0.1, 0.15) is 25.8 Å². The number of hydrogen-bond acceptors (Lipinski definition) is 2. The predicted molar refractivity (Wildman–Crippen MR) is 70.7 cm³/mol. The zero-order valence-corrected chi connectivity index (χ0v) is 10.5. The molecule has 2 N–H and O–H groups in total. The Labute approximate surface area is 98.4 Å². The smallest absolute Gasteiger partial charge is 0.0370 e. The third-order valence-electron chi connectivity index (χ3n) is 3.95. The number of nitrogens with two attached hydrogens (primary N) is 1. The lowest BCUT2D eigenvalue weighted by molar-refractivity contribution is 0.324. The normalized spacial score (nSPS) is 25.8. The SMILES string of the molecule is Cc1cc(N2CCC(C)C(C)C2)ccc1N. The van der Waals surface area contributed by atoms with Crippen molar-refractivity contribution in [3.8, 4) is 0 Å². The lowest BCUT2D eigenvalue weighted by Crippen LogP contribution is -2.38. The van der Waals surface area contributed by atoms with Crippen LogP contribution in [0.2, 0.25) is 0 Å².